The van der Waals surface area contributed by atoms with Crippen molar-refractivity contribution in [2.75, 3.05) is 47.8 Å². The number of aromatic nitrogens is 1. The van der Waals surface area contributed by atoms with Crippen LogP contribution in [0.15, 0.2) is 67.0 Å². The van der Waals surface area contributed by atoms with Gasteiger partial charge in [0.25, 0.3) is 5.91 Å². The van der Waals surface area contributed by atoms with Crippen LogP contribution in [0.5, 0.6) is 0 Å². The van der Waals surface area contributed by atoms with Crippen LogP contribution in [-0.2, 0) is 4.79 Å². The summed E-state index contributed by atoms with van der Waals surface area (Å²) in [7, 11) is 0. The number of piperazine rings is 1. The van der Waals surface area contributed by atoms with Crippen LogP contribution in [0.4, 0.5) is 21.5 Å². The molecule has 1 saturated heterocycles. The van der Waals surface area contributed by atoms with Gasteiger partial charge in [-0.2, -0.15) is 0 Å². The second-order valence-electron chi connectivity index (χ2n) is 7.35. The topological polar surface area (TPSA) is 80.7 Å². The van der Waals surface area contributed by atoms with Crippen LogP contribution in [0.25, 0.3) is 11.1 Å². The quantitative estimate of drug-likeness (QED) is 0.419. The SMILES string of the molecule is O=C(CNc1cc(-c2cccnc2)cc(N2CCN(c3ccc(F)cc3)CC2)c1)NO. The summed E-state index contributed by atoms with van der Waals surface area (Å²) in [6.45, 7) is 3.22. The second-order valence-corrected chi connectivity index (χ2v) is 7.35. The molecule has 0 saturated carbocycles. The first-order chi connectivity index (χ1) is 15.1. The Hall–Kier alpha value is -3.65. The largest absolute Gasteiger partial charge is 0.376 e. The van der Waals surface area contributed by atoms with Crippen molar-refractivity contribution in [1.82, 2.24) is 10.5 Å². The standard InChI is InChI=1S/C23H24FN5O2/c24-19-3-5-21(6-4-19)28-8-10-29(11-9-28)22-13-18(17-2-1-7-25-15-17)12-20(14-22)26-16-23(30)27-31/h1-7,12-15,26,31H,8-11,16H2,(H,27,30). The number of hydrogen-bond donors (Lipinski definition) is 3. The van der Waals surface area contributed by atoms with Gasteiger partial charge in [0, 0.05) is 61.2 Å². The lowest BCUT2D eigenvalue weighted by Gasteiger charge is -2.37. The molecule has 0 bridgehead atoms. The molecule has 1 fully saturated rings. The highest BCUT2D eigenvalue weighted by molar-refractivity contribution is 5.81. The minimum absolute atomic E-state index is 0.0369. The van der Waals surface area contributed by atoms with Crippen LogP contribution >= 0.6 is 0 Å². The lowest BCUT2D eigenvalue weighted by molar-refractivity contribution is -0.127. The maximum absolute atomic E-state index is 13.2. The lowest BCUT2D eigenvalue weighted by Crippen LogP contribution is -2.46. The molecular formula is C23H24FN5O2. The molecular weight excluding hydrogens is 397 g/mol. The van der Waals surface area contributed by atoms with Gasteiger partial charge in [-0.3, -0.25) is 15.0 Å². The second kappa shape index (κ2) is 9.44. The first-order valence-electron chi connectivity index (χ1n) is 10.1. The Morgan fingerprint density at radius 3 is 2.32 bits per heavy atom. The first-order valence-corrected chi connectivity index (χ1v) is 10.1. The number of hydrogen-bond acceptors (Lipinski definition) is 6. The molecule has 8 heteroatoms. The van der Waals surface area contributed by atoms with Crippen LogP contribution in [-0.4, -0.2) is 48.8 Å². The van der Waals surface area contributed by atoms with Crippen LogP contribution in [0.3, 0.4) is 0 Å². The third kappa shape index (κ3) is 5.10. The third-order valence-electron chi connectivity index (χ3n) is 5.33. The summed E-state index contributed by atoms with van der Waals surface area (Å²) < 4.78 is 13.2. The van der Waals surface area contributed by atoms with Crippen molar-refractivity contribution < 1.29 is 14.4 Å². The van der Waals surface area contributed by atoms with E-state index in [0.29, 0.717) is 0 Å². The van der Waals surface area contributed by atoms with E-state index < -0.39 is 5.91 Å². The number of halogens is 1. The zero-order chi connectivity index (χ0) is 21.6. The molecule has 4 rings (SSSR count). The molecule has 1 aliphatic rings. The van der Waals surface area contributed by atoms with E-state index in [1.807, 2.05) is 36.4 Å². The molecule has 3 aromatic rings. The average Bonchev–Trinajstić information content (AvgIpc) is 2.83. The number of carbonyl (C=O) groups is 1. The normalized spacial score (nSPS) is 13.7. The van der Waals surface area contributed by atoms with Gasteiger partial charge >= 0.3 is 0 Å². The number of rotatable bonds is 6. The predicted molar refractivity (Wildman–Crippen MR) is 119 cm³/mol. The van der Waals surface area contributed by atoms with Crippen LogP contribution in [0.1, 0.15) is 0 Å². The van der Waals surface area contributed by atoms with E-state index in [4.69, 9.17) is 5.21 Å². The minimum atomic E-state index is -0.513. The molecule has 160 valence electrons. The van der Waals surface area contributed by atoms with E-state index in [1.165, 1.54) is 12.1 Å². The van der Waals surface area contributed by atoms with E-state index >= 15 is 0 Å². The summed E-state index contributed by atoms with van der Waals surface area (Å²) in [5.41, 5.74) is 6.42. The highest BCUT2D eigenvalue weighted by atomic mass is 19.1. The molecule has 0 radical (unpaired) electrons. The molecule has 1 aromatic heterocycles. The van der Waals surface area contributed by atoms with Crippen molar-refractivity contribution in [3.63, 3.8) is 0 Å². The number of hydroxylamine groups is 1. The third-order valence-corrected chi connectivity index (χ3v) is 5.33. The first kappa shape index (κ1) is 20.6. The van der Waals surface area contributed by atoms with Gasteiger partial charge in [0.1, 0.15) is 5.82 Å². The molecule has 7 nitrogen and oxygen atoms in total. The molecule has 1 amide bonds. The molecule has 31 heavy (non-hydrogen) atoms. The number of nitrogens with zero attached hydrogens (tertiary/aromatic N) is 3. The fraction of sp³-hybridized carbons (Fsp3) is 0.217. The van der Waals surface area contributed by atoms with Gasteiger partial charge in [-0.1, -0.05) is 6.07 Å². The van der Waals surface area contributed by atoms with Crippen molar-refractivity contribution in [3.8, 4) is 11.1 Å². The molecule has 1 aliphatic heterocycles. The highest BCUT2D eigenvalue weighted by Gasteiger charge is 2.19. The summed E-state index contributed by atoms with van der Waals surface area (Å²) in [5.74, 6) is -0.745. The summed E-state index contributed by atoms with van der Waals surface area (Å²) in [6, 6.07) is 16.5. The van der Waals surface area contributed by atoms with E-state index in [0.717, 1.165) is 54.4 Å². The maximum Gasteiger partial charge on any atom is 0.262 e. The van der Waals surface area contributed by atoms with Crippen molar-refractivity contribution in [3.05, 3.63) is 72.8 Å². The number of amides is 1. The molecule has 0 spiro atoms. The van der Waals surface area contributed by atoms with Gasteiger partial charge in [0.05, 0.1) is 6.54 Å². The number of benzene rings is 2. The predicted octanol–water partition coefficient (Wildman–Crippen LogP) is 3.13. The van der Waals surface area contributed by atoms with Crippen LogP contribution in [0, 0.1) is 5.82 Å². The Morgan fingerprint density at radius 2 is 1.68 bits per heavy atom. The Kier molecular flexibility index (Phi) is 6.28. The average molecular weight is 421 g/mol. The monoisotopic (exact) mass is 421 g/mol. The summed E-state index contributed by atoms with van der Waals surface area (Å²) in [4.78, 5) is 20.2. The Bertz CT molecular complexity index is 1020. The van der Waals surface area contributed by atoms with Gasteiger partial charge in [-0.05, 0) is 54.1 Å². The zero-order valence-corrected chi connectivity index (χ0v) is 17.0. The van der Waals surface area contributed by atoms with Crippen LogP contribution in [0.2, 0.25) is 0 Å². The van der Waals surface area contributed by atoms with Crippen LogP contribution < -0.4 is 20.6 Å². The van der Waals surface area contributed by atoms with Crippen molar-refractivity contribution >= 4 is 23.0 Å². The van der Waals surface area contributed by atoms with Gasteiger partial charge in [0.2, 0.25) is 0 Å². The van der Waals surface area contributed by atoms with E-state index in [2.05, 4.69) is 26.2 Å². The van der Waals surface area contributed by atoms with Gasteiger partial charge in [-0.15, -0.1) is 0 Å². The lowest BCUT2D eigenvalue weighted by atomic mass is 10.0. The van der Waals surface area contributed by atoms with Gasteiger partial charge in [0.15, 0.2) is 0 Å². The van der Waals surface area contributed by atoms with Crippen molar-refractivity contribution in [2.24, 2.45) is 0 Å². The molecule has 0 unspecified atom stereocenters. The number of anilines is 3. The Labute approximate surface area is 180 Å². The fourth-order valence-electron chi connectivity index (χ4n) is 3.69. The molecule has 2 aromatic carbocycles. The molecule has 0 aliphatic carbocycles. The highest BCUT2D eigenvalue weighted by Crippen LogP contribution is 2.30. The number of carbonyl (C=O) groups excluding carboxylic acids is 1. The summed E-state index contributed by atoms with van der Waals surface area (Å²) >= 11 is 0. The van der Waals surface area contributed by atoms with E-state index in [9.17, 15) is 9.18 Å². The van der Waals surface area contributed by atoms with E-state index in [-0.39, 0.29) is 12.4 Å². The molecule has 3 N–H and O–H groups in total. The maximum atomic E-state index is 13.2. The van der Waals surface area contributed by atoms with Crippen molar-refractivity contribution in [2.45, 2.75) is 0 Å². The fourth-order valence-corrected chi connectivity index (χ4v) is 3.69. The molecule has 2 heterocycles. The number of nitrogens with one attached hydrogen (secondary N) is 2. The Balaban J connectivity index is 1.54. The van der Waals surface area contributed by atoms with Gasteiger partial charge in [-0.25, -0.2) is 9.87 Å². The summed E-state index contributed by atoms with van der Waals surface area (Å²) in [5, 5.41) is 11.8. The van der Waals surface area contributed by atoms with E-state index in [1.54, 1.807) is 17.9 Å². The van der Waals surface area contributed by atoms with Crippen molar-refractivity contribution in [1.29, 1.82) is 0 Å². The minimum Gasteiger partial charge on any atom is -0.376 e. The summed E-state index contributed by atoms with van der Waals surface area (Å²) in [6.07, 6.45) is 3.53. The zero-order valence-electron chi connectivity index (χ0n) is 17.0. The van der Waals surface area contributed by atoms with Gasteiger partial charge < -0.3 is 15.1 Å². The molecule has 0 atom stereocenters. The number of pyridine rings is 1. The Morgan fingerprint density at radius 1 is 0.968 bits per heavy atom. The smallest absolute Gasteiger partial charge is 0.262 e.